The van der Waals surface area contributed by atoms with E-state index in [1.54, 1.807) is 0 Å². The number of anilines is 1. The number of hydrogen-bond acceptors (Lipinski definition) is 2. The number of nitrogens with zero attached hydrogens (tertiary/aromatic N) is 2. The molecule has 0 aromatic heterocycles. The van der Waals surface area contributed by atoms with Crippen molar-refractivity contribution in [2.75, 3.05) is 31.1 Å². The lowest BCUT2D eigenvalue weighted by Crippen LogP contribution is -2.47. The molecule has 2 aromatic rings. The van der Waals surface area contributed by atoms with Gasteiger partial charge < -0.3 is 4.90 Å². The first-order valence-electron chi connectivity index (χ1n) is 7.64. The Balaban J connectivity index is 1.64. The normalized spacial score (nSPS) is 17.5. The molecule has 0 N–H and O–H groups in total. The van der Waals surface area contributed by atoms with Crippen LogP contribution in [0, 0.1) is 0 Å². The van der Waals surface area contributed by atoms with E-state index in [1.165, 1.54) is 5.56 Å². The summed E-state index contributed by atoms with van der Waals surface area (Å²) >= 11 is 12.1. The monoisotopic (exact) mass is 334 g/mol. The molecule has 2 nitrogen and oxygen atoms in total. The van der Waals surface area contributed by atoms with Crippen LogP contribution in [-0.4, -0.2) is 31.1 Å². The molecule has 1 atom stereocenters. The van der Waals surface area contributed by atoms with Gasteiger partial charge in [-0.05, 0) is 30.7 Å². The van der Waals surface area contributed by atoms with Crippen LogP contribution < -0.4 is 4.90 Å². The molecule has 3 rings (SSSR count). The Kier molecular flexibility index (Phi) is 4.92. The third kappa shape index (κ3) is 3.40. The van der Waals surface area contributed by atoms with Crippen LogP contribution in [0.4, 0.5) is 5.69 Å². The van der Waals surface area contributed by atoms with Crippen molar-refractivity contribution in [2.24, 2.45) is 0 Å². The van der Waals surface area contributed by atoms with Crippen LogP contribution in [0.3, 0.4) is 0 Å². The molecule has 2 aromatic carbocycles. The summed E-state index contributed by atoms with van der Waals surface area (Å²) in [5, 5.41) is 1.24. The Labute approximate surface area is 142 Å². The van der Waals surface area contributed by atoms with Crippen LogP contribution in [0.2, 0.25) is 10.0 Å². The van der Waals surface area contributed by atoms with E-state index in [2.05, 4.69) is 47.1 Å². The lowest BCUT2D eigenvalue weighted by atomic mass is 10.1. The molecule has 0 aliphatic carbocycles. The fourth-order valence-corrected chi connectivity index (χ4v) is 3.28. The average molecular weight is 335 g/mol. The largest absolute Gasteiger partial charge is 0.369 e. The molecule has 1 saturated heterocycles. The summed E-state index contributed by atoms with van der Waals surface area (Å²) in [6.45, 7) is 6.40. The molecule has 1 aliphatic heterocycles. The standard InChI is InChI=1S/C18H20Cl2N2/c1-14(15-5-3-2-4-6-15)21-9-11-22(12-10-21)16-7-8-17(19)18(20)13-16/h2-8,13-14H,9-12H2,1H3. The van der Waals surface area contributed by atoms with Gasteiger partial charge in [0.1, 0.15) is 0 Å². The minimum atomic E-state index is 0.456. The van der Waals surface area contributed by atoms with Crippen LogP contribution in [0.25, 0.3) is 0 Å². The van der Waals surface area contributed by atoms with Gasteiger partial charge >= 0.3 is 0 Å². The van der Waals surface area contributed by atoms with Crippen molar-refractivity contribution in [2.45, 2.75) is 13.0 Å². The molecule has 0 spiro atoms. The maximum Gasteiger partial charge on any atom is 0.0612 e. The molecule has 1 aliphatic rings. The number of rotatable bonds is 3. The third-order valence-corrected chi connectivity index (χ3v) is 5.15. The van der Waals surface area contributed by atoms with Crippen LogP contribution in [0.15, 0.2) is 48.5 Å². The van der Waals surface area contributed by atoms with Gasteiger partial charge in [-0.2, -0.15) is 0 Å². The zero-order chi connectivity index (χ0) is 15.5. The second-order valence-corrected chi connectivity index (χ2v) is 6.52. The summed E-state index contributed by atoms with van der Waals surface area (Å²) in [6, 6.07) is 17.0. The molecular weight excluding hydrogens is 315 g/mol. The third-order valence-electron chi connectivity index (χ3n) is 4.41. The number of piperazine rings is 1. The van der Waals surface area contributed by atoms with Gasteiger partial charge in [-0.3, -0.25) is 4.90 Å². The zero-order valence-corrected chi connectivity index (χ0v) is 14.2. The van der Waals surface area contributed by atoms with Gasteiger partial charge in [-0.15, -0.1) is 0 Å². The van der Waals surface area contributed by atoms with E-state index in [9.17, 15) is 0 Å². The molecule has 0 radical (unpaired) electrons. The van der Waals surface area contributed by atoms with E-state index >= 15 is 0 Å². The molecule has 0 amide bonds. The Morgan fingerprint density at radius 1 is 0.864 bits per heavy atom. The summed E-state index contributed by atoms with van der Waals surface area (Å²) in [5.74, 6) is 0. The fourth-order valence-electron chi connectivity index (χ4n) is 2.99. The van der Waals surface area contributed by atoms with Gasteiger partial charge in [0.25, 0.3) is 0 Å². The minimum Gasteiger partial charge on any atom is -0.369 e. The van der Waals surface area contributed by atoms with Crippen LogP contribution >= 0.6 is 23.2 Å². The maximum absolute atomic E-state index is 6.12. The van der Waals surface area contributed by atoms with Crippen molar-refractivity contribution >= 4 is 28.9 Å². The van der Waals surface area contributed by atoms with Crippen molar-refractivity contribution < 1.29 is 0 Å². The van der Waals surface area contributed by atoms with Crippen LogP contribution in [0.5, 0.6) is 0 Å². The molecule has 116 valence electrons. The van der Waals surface area contributed by atoms with Gasteiger partial charge in [0.05, 0.1) is 10.0 Å². The van der Waals surface area contributed by atoms with Gasteiger partial charge in [0.2, 0.25) is 0 Å². The van der Waals surface area contributed by atoms with E-state index in [0.717, 1.165) is 31.9 Å². The quantitative estimate of drug-likeness (QED) is 0.789. The van der Waals surface area contributed by atoms with Crippen molar-refractivity contribution in [1.82, 2.24) is 4.90 Å². The number of hydrogen-bond donors (Lipinski definition) is 0. The van der Waals surface area contributed by atoms with Gasteiger partial charge in [0.15, 0.2) is 0 Å². The van der Waals surface area contributed by atoms with Crippen molar-refractivity contribution in [3.63, 3.8) is 0 Å². The highest BCUT2D eigenvalue weighted by Gasteiger charge is 2.22. The molecule has 1 fully saturated rings. The van der Waals surface area contributed by atoms with Crippen LogP contribution in [-0.2, 0) is 0 Å². The van der Waals surface area contributed by atoms with Crippen LogP contribution in [0.1, 0.15) is 18.5 Å². The van der Waals surface area contributed by atoms with E-state index in [4.69, 9.17) is 23.2 Å². The molecule has 1 heterocycles. The Morgan fingerprint density at radius 2 is 1.55 bits per heavy atom. The SMILES string of the molecule is CC(c1ccccc1)N1CCN(c2ccc(Cl)c(Cl)c2)CC1. The van der Waals surface area contributed by atoms with Crippen molar-refractivity contribution in [3.05, 3.63) is 64.1 Å². The highest BCUT2D eigenvalue weighted by atomic mass is 35.5. The zero-order valence-electron chi connectivity index (χ0n) is 12.7. The van der Waals surface area contributed by atoms with Gasteiger partial charge in [-0.1, -0.05) is 53.5 Å². The van der Waals surface area contributed by atoms with E-state index in [1.807, 2.05) is 18.2 Å². The first-order valence-corrected chi connectivity index (χ1v) is 8.40. The van der Waals surface area contributed by atoms with Crippen molar-refractivity contribution in [3.8, 4) is 0 Å². The van der Waals surface area contributed by atoms with Gasteiger partial charge in [0, 0.05) is 37.9 Å². The summed E-state index contributed by atoms with van der Waals surface area (Å²) in [6.07, 6.45) is 0. The highest BCUT2D eigenvalue weighted by molar-refractivity contribution is 6.42. The fraction of sp³-hybridized carbons (Fsp3) is 0.333. The summed E-state index contributed by atoms with van der Waals surface area (Å²) < 4.78 is 0. The lowest BCUT2D eigenvalue weighted by Gasteiger charge is -2.39. The topological polar surface area (TPSA) is 6.48 Å². The molecule has 0 bridgehead atoms. The Bertz CT molecular complexity index is 622. The summed E-state index contributed by atoms with van der Waals surface area (Å²) in [7, 11) is 0. The Hall–Kier alpha value is -1.22. The molecule has 22 heavy (non-hydrogen) atoms. The second-order valence-electron chi connectivity index (χ2n) is 5.71. The molecule has 4 heteroatoms. The number of benzene rings is 2. The average Bonchev–Trinajstić information content (AvgIpc) is 2.58. The predicted octanol–water partition coefficient (Wildman–Crippen LogP) is 4.88. The second kappa shape index (κ2) is 6.91. The first-order chi connectivity index (χ1) is 10.6. The van der Waals surface area contributed by atoms with Gasteiger partial charge in [-0.25, -0.2) is 0 Å². The Morgan fingerprint density at radius 3 is 2.18 bits per heavy atom. The highest BCUT2D eigenvalue weighted by Crippen LogP contribution is 2.29. The number of halogens is 2. The first kappa shape index (κ1) is 15.7. The smallest absolute Gasteiger partial charge is 0.0612 e. The maximum atomic E-state index is 6.12. The molecule has 0 saturated carbocycles. The predicted molar refractivity (Wildman–Crippen MR) is 95.1 cm³/mol. The summed E-state index contributed by atoms with van der Waals surface area (Å²) in [4.78, 5) is 4.90. The van der Waals surface area contributed by atoms with Crippen molar-refractivity contribution in [1.29, 1.82) is 0 Å². The molecular formula is C18H20Cl2N2. The molecule has 1 unspecified atom stereocenters. The van der Waals surface area contributed by atoms with E-state index in [0.29, 0.717) is 16.1 Å². The minimum absolute atomic E-state index is 0.456. The lowest BCUT2D eigenvalue weighted by molar-refractivity contribution is 0.198. The van der Waals surface area contributed by atoms with E-state index in [-0.39, 0.29) is 0 Å². The van der Waals surface area contributed by atoms with E-state index < -0.39 is 0 Å². The summed E-state index contributed by atoms with van der Waals surface area (Å²) in [5.41, 5.74) is 2.53.